The summed E-state index contributed by atoms with van der Waals surface area (Å²) in [6, 6.07) is 5.81. The third kappa shape index (κ3) is 4.24. The summed E-state index contributed by atoms with van der Waals surface area (Å²) in [4.78, 5) is 13.4. The van der Waals surface area contributed by atoms with Gasteiger partial charge in [-0.15, -0.1) is 0 Å². The molecule has 0 aliphatic carbocycles. The largest absolute Gasteiger partial charge is 0.496 e. The minimum absolute atomic E-state index is 0.219. The lowest BCUT2D eigenvalue weighted by Gasteiger charge is -2.24. The highest BCUT2D eigenvalue weighted by atomic mass is 16.5. The Hall–Kier alpha value is -1.55. The monoisotopic (exact) mass is 265 g/mol. The maximum Gasteiger partial charge on any atom is 0.339 e. The summed E-state index contributed by atoms with van der Waals surface area (Å²) < 4.78 is 5.06. The minimum atomic E-state index is -0.956. The Balaban J connectivity index is 2.85. The Kier molecular flexibility index (Phi) is 5.83. The molecule has 0 fully saturated rings. The average molecular weight is 265 g/mol. The molecule has 0 bridgehead atoms. The van der Waals surface area contributed by atoms with Crippen LogP contribution in [0.25, 0.3) is 0 Å². The maximum atomic E-state index is 11.2. The normalized spacial score (nSPS) is 12.5. The third-order valence-corrected chi connectivity index (χ3v) is 3.39. The van der Waals surface area contributed by atoms with Crippen LogP contribution in [0.4, 0.5) is 0 Å². The lowest BCUT2D eigenvalue weighted by molar-refractivity contribution is 0.0693. The molecule has 0 saturated heterocycles. The molecule has 1 unspecified atom stereocenters. The van der Waals surface area contributed by atoms with Crippen LogP contribution in [-0.2, 0) is 6.54 Å². The number of benzene rings is 1. The van der Waals surface area contributed by atoms with Crippen molar-refractivity contribution >= 4 is 5.97 Å². The zero-order chi connectivity index (χ0) is 14.4. The zero-order valence-electron chi connectivity index (χ0n) is 12.1. The Morgan fingerprint density at radius 1 is 1.47 bits per heavy atom. The van der Waals surface area contributed by atoms with E-state index in [1.54, 1.807) is 12.1 Å². The van der Waals surface area contributed by atoms with Gasteiger partial charge in [0, 0.05) is 12.6 Å². The van der Waals surface area contributed by atoms with Gasteiger partial charge in [-0.2, -0.15) is 0 Å². The van der Waals surface area contributed by atoms with Crippen molar-refractivity contribution in [1.29, 1.82) is 0 Å². The van der Waals surface area contributed by atoms with Gasteiger partial charge < -0.3 is 9.84 Å². The van der Waals surface area contributed by atoms with E-state index in [9.17, 15) is 4.79 Å². The van der Waals surface area contributed by atoms with Crippen LogP contribution in [-0.4, -0.2) is 36.2 Å². The summed E-state index contributed by atoms with van der Waals surface area (Å²) in [6.45, 7) is 5.09. The van der Waals surface area contributed by atoms with Crippen molar-refractivity contribution in [3.63, 3.8) is 0 Å². The van der Waals surface area contributed by atoms with Crippen molar-refractivity contribution in [1.82, 2.24) is 4.90 Å². The van der Waals surface area contributed by atoms with E-state index in [0.29, 0.717) is 11.8 Å². The van der Waals surface area contributed by atoms with Crippen molar-refractivity contribution in [2.75, 3.05) is 14.2 Å². The number of nitrogens with zero attached hydrogens (tertiary/aromatic N) is 1. The van der Waals surface area contributed by atoms with Gasteiger partial charge in [0.1, 0.15) is 11.3 Å². The first-order chi connectivity index (χ1) is 8.99. The second-order valence-electron chi connectivity index (χ2n) is 4.89. The first kappa shape index (κ1) is 15.5. The van der Waals surface area contributed by atoms with Crippen LogP contribution >= 0.6 is 0 Å². The summed E-state index contributed by atoms with van der Waals surface area (Å²) >= 11 is 0. The molecule has 19 heavy (non-hydrogen) atoms. The standard InChI is InChI=1S/C15H23NO3/c1-5-6-11(2)16(3)10-12-7-8-14(19-4)13(9-12)15(17)18/h7-9,11H,5-6,10H2,1-4H3,(H,17,18). The van der Waals surface area contributed by atoms with Crippen molar-refractivity contribution in [2.45, 2.75) is 39.3 Å². The molecule has 4 nitrogen and oxygen atoms in total. The zero-order valence-corrected chi connectivity index (χ0v) is 12.1. The lowest BCUT2D eigenvalue weighted by Crippen LogP contribution is -2.28. The van der Waals surface area contributed by atoms with Gasteiger partial charge in [0.15, 0.2) is 0 Å². The molecule has 0 aliphatic heterocycles. The van der Waals surface area contributed by atoms with Gasteiger partial charge in [0.2, 0.25) is 0 Å². The lowest BCUT2D eigenvalue weighted by atomic mass is 10.1. The van der Waals surface area contributed by atoms with Crippen molar-refractivity contribution < 1.29 is 14.6 Å². The molecule has 0 aliphatic rings. The number of carbonyl (C=O) groups is 1. The van der Waals surface area contributed by atoms with Gasteiger partial charge >= 0.3 is 5.97 Å². The fourth-order valence-corrected chi connectivity index (χ4v) is 2.10. The Morgan fingerprint density at radius 2 is 2.16 bits per heavy atom. The predicted molar refractivity (Wildman–Crippen MR) is 75.8 cm³/mol. The summed E-state index contributed by atoms with van der Waals surface area (Å²) in [5, 5.41) is 9.16. The number of ether oxygens (including phenoxy) is 1. The second-order valence-corrected chi connectivity index (χ2v) is 4.89. The highest BCUT2D eigenvalue weighted by molar-refractivity contribution is 5.91. The first-order valence-corrected chi connectivity index (χ1v) is 6.60. The van der Waals surface area contributed by atoms with E-state index >= 15 is 0 Å². The topological polar surface area (TPSA) is 49.8 Å². The smallest absolute Gasteiger partial charge is 0.339 e. The van der Waals surface area contributed by atoms with Crippen LogP contribution in [0.2, 0.25) is 0 Å². The summed E-state index contributed by atoms with van der Waals surface area (Å²) in [5.41, 5.74) is 1.21. The van der Waals surface area contributed by atoms with E-state index in [-0.39, 0.29) is 5.56 Å². The summed E-state index contributed by atoms with van der Waals surface area (Å²) in [5.74, 6) is -0.552. The third-order valence-electron chi connectivity index (χ3n) is 3.39. The van der Waals surface area contributed by atoms with E-state index in [1.165, 1.54) is 7.11 Å². The Morgan fingerprint density at radius 3 is 2.68 bits per heavy atom. The quantitative estimate of drug-likeness (QED) is 0.823. The highest BCUT2D eigenvalue weighted by Crippen LogP contribution is 2.21. The van der Waals surface area contributed by atoms with Crippen LogP contribution in [0, 0.1) is 0 Å². The van der Waals surface area contributed by atoms with Gasteiger partial charge in [-0.3, -0.25) is 4.90 Å². The molecule has 1 aromatic carbocycles. The maximum absolute atomic E-state index is 11.2. The molecule has 0 saturated carbocycles. The molecule has 0 heterocycles. The average Bonchev–Trinajstić information content (AvgIpc) is 2.38. The molecule has 1 atom stereocenters. The molecule has 0 aromatic heterocycles. The molecule has 0 radical (unpaired) electrons. The number of carboxylic acids is 1. The highest BCUT2D eigenvalue weighted by Gasteiger charge is 2.14. The van der Waals surface area contributed by atoms with Crippen LogP contribution in [0.5, 0.6) is 5.75 Å². The molecular formula is C15H23NO3. The number of carboxylic acid groups (broad SMARTS) is 1. The van der Waals surface area contributed by atoms with Crippen LogP contribution in [0.3, 0.4) is 0 Å². The first-order valence-electron chi connectivity index (χ1n) is 6.60. The van der Waals surface area contributed by atoms with E-state index in [1.807, 2.05) is 6.07 Å². The SMILES string of the molecule is CCCC(C)N(C)Cc1ccc(OC)c(C(=O)O)c1. The van der Waals surface area contributed by atoms with Crippen molar-refractivity contribution in [3.05, 3.63) is 29.3 Å². The molecule has 0 spiro atoms. The van der Waals surface area contributed by atoms with Gasteiger partial charge in [0.05, 0.1) is 7.11 Å². The van der Waals surface area contributed by atoms with Gasteiger partial charge in [0.25, 0.3) is 0 Å². The molecule has 1 aromatic rings. The van der Waals surface area contributed by atoms with E-state index < -0.39 is 5.97 Å². The molecule has 106 valence electrons. The number of aromatic carboxylic acids is 1. The van der Waals surface area contributed by atoms with Crippen LogP contribution in [0.15, 0.2) is 18.2 Å². The summed E-state index contributed by atoms with van der Waals surface area (Å²) in [7, 11) is 3.54. The van der Waals surface area contributed by atoms with Gasteiger partial charge in [-0.05, 0) is 38.1 Å². The number of methoxy groups -OCH3 is 1. The summed E-state index contributed by atoms with van der Waals surface area (Å²) in [6.07, 6.45) is 2.28. The minimum Gasteiger partial charge on any atom is -0.496 e. The molecule has 4 heteroatoms. The van der Waals surface area contributed by atoms with Gasteiger partial charge in [-0.25, -0.2) is 4.79 Å². The van der Waals surface area contributed by atoms with E-state index in [0.717, 1.165) is 24.9 Å². The van der Waals surface area contributed by atoms with Crippen molar-refractivity contribution in [3.8, 4) is 5.75 Å². The molecular weight excluding hydrogens is 242 g/mol. The van der Waals surface area contributed by atoms with E-state index in [4.69, 9.17) is 9.84 Å². The number of rotatable bonds is 7. The number of hydrogen-bond acceptors (Lipinski definition) is 3. The Labute approximate surface area is 115 Å². The molecule has 0 amide bonds. The predicted octanol–water partition coefficient (Wildman–Crippen LogP) is 3.01. The fraction of sp³-hybridized carbons (Fsp3) is 0.533. The van der Waals surface area contributed by atoms with Crippen LogP contribution < -0.4 is 4.74 Å². The Bertz CT molecular complexity index is 431. The van der Waals surface area contributed by atoms with E-state index in [2.05, 4.69) is 25.8 Å². The molecule has 1 rings (SSSR count). The molecule has 1 N–H and O–H groups in total. The second kappa shape index (κ2) is 7.14. The van der Waals surface area contributed by atoms with Crippen molar-refractivity contribution in [2.24, 2.45) is 0 Å². The van der Waals surface area contributed by atoms with Gasteiger partial charge in [-0.1, -0.05) is 19.4 Å². The van der Waals surface area contributed by atoms with Crippen LogP contribution in [0.1, 0.15) is 42.6 Å². The number of hydrogen-bond donors (Lipinski definition) is 1. The fourth-order valence-electron chi connectivity index (χ4n) is 2.10.